The van der Waals surface area contributed by atoms with Gasteiger partial charge in [0.2, 0.25) is 0 Å². The van der Waals surface area contributed by atoms with E-state index in [4.69, 9.17) is 11.6 Å². The van der Waals surface area contributed by atoms with Crippen LogP contribution >= 0.6 is 11.6 Å². The topological polar surface area (TPSA) is 38.1 Å². The van der Waals surface area contributed by atoms with Gasteiger partial charge in [-0.2, -0.15) is 5.10 Å². The summed E-state index contributed by atoms with van der Waals surface area (Å²) in [7, 11) is 0. The minimum atomic E-state index is -0.305. The first-order valence-corrected chi connectivity index (χ1v) is 6.87. The monoisotopic (exact) mass is 258 g/mol. The fourth-order valence-corrected chi connectivity index (χ4v) is 2.23. The number of unbranched alkanes of at least 4 members (excludes halogenated alkanes) is 2. The fourth-order valence-electron chi connectivity index (χ4n) is 2.02. The highest BCUT2D eigenvalue weighted by atomic mass is 35.5. The van der Waals surface area contributed by atoms with Crippen molar-refractivity contribution in [1.29, 1.82) is 0 Å². The highest BCUT2D eigenvalue weighted by molar-refractivity contribution is 6.31. The van der Waals surface area contributed by atoms with Crippen LogP contribution in [0, 0.1) is 6.92 Å². The molecule has 1 N–H and O–H groups in total. The number of rotatable bonds is 7. The Kier molecular flexibility index (Phi) is 6.00. The molecule has 0 aromatic carbocycles. The van der Waals surface area contributed by atoms with Crippen LogP contribution in [0.3, 0.4) is 0 Å². The van der Waals surface area contributed by atoms with Crippen LogP contribution in [0.1, 0.15) is 50.9 Å². The van der Waals surface area contributed by atoms with Gasteiger partial charge in [-0.05, 0) is 20.3 Å². The lowest BCUT2D eigenvalue weighted by Crippen LogP contribution is -2.14. The quantitative estimate of drug-likeness (QED) is 0.762. The Balaban J connectivity index is 2.60. The van der Waals surface area contributed by atoms with E-state index in [1.807, 2.05) is 18.5 Å². The zero-order valence-electron chi connectivity index (χ0n) is 11.0. The predicted molar refractivity (Wildman–Crippen MR) is 71.5 cm³/mol. The average molecular weight is 259 g/mol. The second kappa shape index (κ2) is 7.02. The summed E-state index contributed by atoms with van der Waals surface area (Å²) in [5, 5.41) is 15.0. The van der Waals surface area contributed by atoms with Gasteiger partial charge in [-0.15, -0.1) is 0 Å². The summed E-state index contributed by atoms with van der Waals surface area (Å²) in [6.45, 7) is 6.90. The Morgan fingerprint density at radius 3 is 2.65 bits per heavy atom. The van der Waals surface area contributed by atoms with Crippen molar-refractivity contribution in [1.82, 2.24) is 9.78 Å². The summed E-state index contributed by atoms with van der Waals surface area (Å²) in [6.07, 6.45) is 4.58. The van der Waals surface area contributed by atoms with E-state index in [9.17, 15) is 5.11 Å². The van der Waals surface area contributed by atoms with Crippen LogP contribution in [0.2, 0.25) is 5.02 Å². The van der Waals surface area contributed by atoms with E-state index in [1.54, 1.807) is 0 Å². The third-order valence-corrected chi connectivity index (χ3v) is 3.51. The smallest absolute Gasteiger partial charge is 0.0848 e. The van der Waals surface area contributed by atoms with Crippen LogP contribution in [0.15, 0.2) is 0 Å². The Morgan fingerprint density at radius 1 is 1.35 bits per heavy atom. The molecular weight excluding hydrogens is 236 g/mol. The molecule has 3 nitrogen and oxygen atoms in total. The number of aromatic nitrogens is 2. The summed E-state index contributed by atoms with van der Waals surface area (Å²) in [6, 6.07) is 0. The molecule has 98 valence electrons. The molecular formula is C13H23ClN2O. The molecule has 1 aromatic heterocycles. The first-order valence-electron chi connectivity index (χ1n) is 6.49. The van der Waals surface area contributed by atoms with Gasteiger partial charge in [0, 0.05) is 13.0 Å². The Morgan fingerprint density at radius 2 is 2.06 bits per heavy atom. The first-order chi connectivity index (χ1) is 8.10. The van der Waals surface area contributed by atoms with Crippen molar-refractivity contribution in [2.75, 3.05) is 0 Å². The van der Waals surface area contributed by atoms with Crippen LogP contribution in [0.25, 0.3) is 0 Å². The van der Waals surface area contributed by atoms with Gasteiger partial charge >= 0.3 is 0 Å². The highest BCUT2D eigenvalue weighted by Crippen LogP contribution is 2.22. The fraction of sp³-hybridized carbons (Fsp3) is 0.769. The van der Waals surface area contributed by atoms with Crippen molar-refractivity contribution < 1.29 is 5.11 Å². The second-order valence-electron chi connectivity index (χ2n) is 4.52. The van der Waals surface area contributed by atoms with E-state index in [2.05, 4.69) is 12.0 Å². The molecule has 0 aliphatic carbocycles. The van der Waals surface area contributed by atoms with Crippen molar-refractivity contribution >= 4 is 11.6 Å². The maximum Gasteiger partial charge on any atom is 0.0848 e. The SMILES string of the molecule is CCCCCC(O)Cc1c(Cl)c(C)nn1CC. The summed E-state index contributed by atoms with van der Waals surface area (Å²) >= 11 is 6.20. The van der Waals surface area contributed by atoms with Gasteiger partial charge in [0.15, 0.2) is 0 Å². The van der Waals surface area contributed by atoms with E-state index in [0.29, 0.717) is 11.4 Å². The van der Waals surface area contributed by atoms with Crippen LogP contribution in [0.5, 0.6) is 0 Å². The minimum Gasteiger partial charge on any atom is -0.393 e. The third-order valence-electron chi connectivity index (χ3n) is 3.02. The number of hydrogen-bond acceptors (Lipinski definition) is 2. The molecule has 0 radical (unpaired) electrons. The summed E-state index contributed by atoms with van der Waals surface area (Å²) in [5.74, 6) is 0. The Labute approximate surface area is 109 Å². The number of aliphatic hydroxyl groups excluding tert-OH is 1. The zero-order chi connectivity index (χ0) is 12.8. The molecule has 0 saturated carbocycles. The van der Waals surface area contributed by atoms with E-state index in [1.165, 1.54) is 12.8 Å². The number of hydrogen-bond donors (Lipinski definition) is 1. The maximum absolute atomic E-state index is 9.98. The molecule has 0 bridgehead atoms. The van der Waals surface area contributed by atoms with Gasteiger partial charge in [-0.1, -0.05) is 37.8 Å². The molecule has 1 heterocycles. The van der Waals surface area contributed by atoms with E-state index < -0.39 is 0 Å². The van der Waals surface area contributed by atoms with Crippen molar-refractivity contribution in [2.45, 2.75) is 65.5 Å². The van der Waals surface area contributed by atoms with Crippen molar-refractivity contribution in [3.8, 4) is 0 Å². The average Bonchev–Trinajstić information content (AvgIpc) is 2.57. The molecule has 0 amide bonds. The molecule has 1 atom stereocenters. The number of nitrogens with zero attached hydrogens (tertiary/aromatic N) is 2. The largest absolute Gasteiger partial charge is 0.393 e. The van der Waals surface area contributed by atoms with E-state index in [-0.39, 0.29) is 6.10 Å². The molecule has 4 heteroatoms. The summed E-state index contributed by atoms with van der Waals surface area (Å²) in [5.41, 5.74) is 1.82. The van der Waals surface area contributed by atoms with Gasteiger partial charge in [-0.25, -0.2) is 0 Å². The van der Waals surface area contributed by atoms with E-state index >= 15 is 0 Å². The van der Waals surface area contributed by atoms with Gasteiger partial charge in [0.1, 0.15) is 0 Å². The van der Waals surface area contributed by atoms with Gasteiger partial charge in [0.25, 0.3) is 0 Å². The molecule has 0 fully saturated rings. The zero-order valence-corrected chi connectivity index (χ0v) is 11.8. The number of aliphatic hydroxyl groups is 1. The van der Waals surface area contributed by atoms with Crippen LogP contribution in [-0.2, 0) is 13.0 Å². The lowest BCUT2D eigenvalue weighted by molar-refractivity contribution is 0.158. The Hall–Kier alpha value is -0.540. The normalized spacial score (nSPS) is 13.0. The second-order valence-corrected chi connectivity index (χ2v) is 4.89. The molecule has 0 saturated heterocycles. The van der Waals surface area contributed by atoms with Crippen LogP contribution in [-0.4, -0.2) is 21.0 Å². The minimum absolute atomic E-state index is 0.305. The lowest BCUT2D eigenvalue weighted by atomic mass is 10.1. The molecule has 17 heavy (non-hydrogen) atoms. The van der Waals surface area contributed by atoms with Crippen LogP contribution < -0.4 is 0 Å². The molecule has 0 aliphatic rings. The van der Waals surface area contributed by atoms with Gasteiger partial charge in [0.05, 0.1) is 22.5 Å². The molecule has 1 unspecified atom stereocenters. The molecule has 0 aliphatic heterocycles. The maximum atomic E-state index is 9.98. The van der Waals surface area contributed by atoms with Crippen LogP contribution in [0.4, 0.5) is 0 Å². The van der Waals surface area contributed by atoms with Crippen molar-refractivity contribution in [3.05, 3.63) is 16.4 Å². The third kappa shape index (κ3) is 4.00. The molecule has 0 spiro atoms. The van der Waals surface area contributed by atoms with Crippen molar-refractivity contribution in [3.63, 3.8) is 0 Å². The van der Waals surface area contributed by atoms with Gasteiger partial charge in [-0.3, -0.25) is 4.68 Å². The van der Waals surface area contributed by atoms with Crippen molar-refractivity contribution in [2.24, 2.45) is 0 Å². The Bertz CT molecular complexity index is 349. The highest BCUT2D eigenvalue weighted by Gasteiger charge is 2.16. The number of halogens is 1. The first kappa shape index (κ1) is 14.5. The summed E-state index contributed by atoms with van der Waals surface area (Å²) in [4.78, 5) is 0. The number of aryl methyl sites for hydroxylation is 2. The predicted octanol–water partition coefficient (Wildman–Crippen LogP) is 3.35. The standard InChI is InChI=1S/C13H23ClN2O/c1-4-6-7-8-11(17)9-12-13(14)10(3)15-16(12)5-2/h11,17H,4-9H2,1-3H3. The molecule has 1 rings (SSSR count). The lowest BCUT2D eigenvalue weighted by Gasteiger charge is -2.11. The molecule has 1 aromatic rings. The van der Waals surface area contributed by atoms with E-state index in [0.717, 1.165) is 30.8 Å². The van der Waals surface area contributed by atoms with Gasteiger partial charge < -0.3 is 5.11 Å². The summed E-state index contributed by atoms with van der Waals surface area (Å²) < 4.78 is 1.89.